The normalized spacial score (nSPS) is 12.9. The molecule has 2 atom stereocenters. The number of aliphatic carboxylic acids is 2. The third-order valence-corrected chi connectivity index (χ3v) is 5.33. The highest BCUT2D eigenvalue weighted by atomic mass is 32.2. The maximum atomic E-state index is 13.0. The van der Waals surface area contributed by atoms with Gasteiger partial charge in [-0.1, -0.05) is 42.5 Å². The fourth-order valence-corrected chi connectivity index (χ4v) is 4.00. The molecule has 8 heteroatoms. The Bertz CT molecular complexity index is 892. The second kappa shape index (κ2) is 9.89. The van der Waals surface area contributed by atoms with Crippen LogP contribution in [0, 0.1) is 5.92 Å². The second-order valence-corrected chi connectivity index (χ2v) is 7.39. The first-order valence-corrected chi connectivity index (χ1v) is 9.76. The van der Waals surface area contributed by atoms with E-state index in [9.17, 15) is 24.3 Å². The van der Waals surface area contributed by atoms with Crippen molar-refractivity contribution in [2.24, 2.45) is 5.92 Å². The molecule has 0 radical (unpaired) electrons. The summed E-state index contributed by atoms with van der Waals surface area (Å²) in [6, 6.07) is 11.5. The number of ketones is 1. The van der Waals surface area contributed by atoms with Gasteiger partial charge in [-0.3, -0.25) is 14.4 Å². The van der Waals surface area contributed by atoms with Crippen molar-refractivity contribution in [2.75, 3.05) is 11.5 Å². The highest BCUT2D eigenvalue weighted by molar-refractivity contribution is 7.99. The number of amides is 1. The van der Waals surface area contributed by atoms with Gasteiger partial charge in [-0.25, -0.2) is 4.79 Å². The molecule has 2 rings (SSSR count). The van der Waals surface area contributed by atoms with Crippen LogP contribution in [0.5, 0.6) is 0 Å². The highest BCUT2D eigenvalue weighted by Gasteiger charge is 2.26. The fourth-order valence-electron chi connectivity index (χ4n) is 2.85. The Labute approximate surface area is 166 Å². The third-order valence-electron chi connectivity index (χ3n) is 4.13. The summed E-state index contributed by atoms with van der Waals surface area (Å²) in [6.45, 7) is 1.22. The van der Waals surface area contributed by atoms with E-state index in [4.69, 9.17) is 5.11 Å². The molecule has 0 aliphatic rings. The van der Waals surface area contributed by atoms with E-state index in [0.717, 1.165) is 22.5 Å². The molecule has 2 aromatic carbocycles. The summed E-state index contributed by atoms with van der Waals surface area (Å²) < 4.78 is 0. The molecule has 0 aliphatic heterocycles. The molecule has 0 aliphatic carbocycles. The van der Waals surface area contributed by atoms with Crippen LogP contribution in [0.2, 0.25) is 0 Å². The SMILES string of the molecule is CC(=O)N[C@@H](CSCC(CC(=O)O)C(=O)c1cccc2ccccc12)C(=O)O. The van der Waals surface area contributed by atoms with Gasteiger partial charge in [0.15, 0.2) is 5.78 Å². The molecule has 7 nitrogen and oxygen atoms in total. The van der Waals surface area contributed by atoms with Gasteiger partial charge in [-0.2, -0.15) is 11.8 Å². The predicted octanol–water partition coefficient (Wildman–Crippen LogP) is 2.44. The van der Waals surface area contributed by atoms with E-state index in [2.05, 4.69) is 5.32 Å². The number of benzene rings is 2. The topological polar surface area (TPSA) is 121 Å². The van der Waals surface area contributed by atoms with Crippen molar-refractivity contribution in [1.29, 1.82) is 0 Å². The first kappa shape index (κ1) is 21.4. The van der Waals surface area contributed by atoms with E-state index >= 15 is 0 Å². The van der Waals surface area contributed by atoms with Gasteiger partial charge in [0.25, 0.3) is 0 Å². The number of fused-ring (bicyclic) bond motifs is 1. The number of hydrogen-bond donors (Lipinski definition) is 3. The van der Waals surface area contributed by atoms with Gasteiger partial charge in [0.1, 0.15) is 6.04 Å². The molecular formula is C20H21NO6S. The summed E-state index contributed by atoms with van der Waals surface area (Å²) in [5.41, 5.74) is 0.446. The number of carbonyl (C=O) groups excluding carboxylic acids is 2. The Morgan fingerprint density at radius 3 is 2.32 bits per heavy atom. The fraction of sp³-hybridized carbons (Fsp3) is 0.300. The van der Waals surface area contributed by atoms with Gasteiger partial charge >= 0.3 is 11.9 Å². The van der Waals surface area contributed by atoms with Crippen molar-refractivity contribution in [3.63, 3.8) is 0 Å². The molecule has 0 fully saturated rings. The Morgan fingerprint density at radius 2 is 1.68 bits per heavy atom. The lowest BCUT2D eigenvalue weighted by Gasteiger charge is -2.17. The molecule has 0 saturated carbocycles. The zero-order valence-corrected chi connectivity index (χ0v) is 16.1. The van der Waals surface area contributed by atoms with Gasteiger partial charge in [-0.05, 0) is 10.8 Å². The summed E-state index contributed by atoms with van der Waals surface area (Å²) in [4.78, 5) is 46.6. The minimum absolute atomic E-state index is 0.0356. The molecule has 0 heterocycles. The Hall–Kier alpha value is -2.87. The van der Waals surface area contributed by atoms with Crippen LogP contribution in [-0.2, 0) is 14.4 Å². The molecule has 0 spiro atoms. The van der Waals surface area contributed by atoms with E-state index < -0.39 is 29.8 Å². The maximum Gasteiger partial charge on any atom is 0.327 e. The molecule has 2 aromatic rings. The van der Waals surface area contributed by atoms with Crippen molar-refractivity contribution >= 4 is 46.2 Å². The van der Waals surface area contributed by atoms with Gasteiger partial charge < -0.3 is 15.5 Å². The molecule has 0 saturated heterocycles. The van der Waals surface area contributed by atoms with Gasteiger partial charge in [0.05, 0.1) is 6.42 Å². The van der Waals surface area contributed by atoms with Crippen molar-refractivity contribution in [1.82, 2.24) is 5.32 Å². The van der Waals surface area contributed by atoms with Crippen molar-refractivity contribution < 1.29 is 29.4 Å². The Kier molecular flexibility index (Phi) is 7.57. The summed E-state index contributed by atoms with van der Waals surface area (Å²) in [5, 5.41) is 22.3. The van der Waals surface area contributed by atoms with Crippen LogP contribution in [0.4, 0.5) is 0 Å². The standard InChI is InChI=1S/C20H21NO6S/c1-12(22)21-17(20(26)27)11-28-10-14(9-18(23)24)19(25)16-8-4-6-13-5-2-3-7-15(13)16/h2-8,14,17H,9-11H2,1H3,(H,21,22)(H,23,24)(H,26,27)/t14?,17-/m0/s1. The molecular weight excluding hydrogens is 382 g/mol. The average molecular weight is 403 g/mol. The van der Waals surface area contributed by atoms with Crippen LogP contribution in [0.1, 0.15) is 23.7 Å². The number of Topliss-reactive ketones (excluding diaryl/α,β-unsaturated/α-hetero) is 1. The van der Waals surface area contributed by atoms with Gasteiger partial charge in [0, 0.05) is 29.9 Å². The lowest BCUT2D eigenvalue weighted by atomic mass is 9.92. The quantitative estimate of drug-likeness (QED) is 0.521. The van der Waals surface area contributed by atoms with Crippen LogP contribution in [0.3, 0.4) is 0 Å². The van der Waals surface area contributed by atoms with Gasteiger partial charge in [-0.15, -0.1) is 0 Å². The molecule has 0 aromatic heterocycles. The van der Waals surface area contributed by atoms with Crippen LogP contribution in [0.15, 0.2) is 42.5 Å². The minimum Gasteiger partial charge on any atom is -0.481 e. The molecule has 3 N–H and O–H groups in total. The number of rotatable bonds is 10. The summed E-state index contributed by atoms with van der Waals surface area (Å²) >= 11 is 1.13. The van der Waals surface area contributed by atoms with Crippen LogP contribution < -0.4 is 5.32 Å². The summed E-state index contributed by atoms with van der Waals surface area (Å²) in [6.07, 6.45) is -0.354. The zero-order chi connectivity index (χ0) is 20.7. The van der Waals surface area contributed by atoms with Crippen LogP contribution in [0.25, 0.3) is 10.8 Å². The van der Waals surface area contributed by atoms with E-state index in [1.54, 1.807) is 12.1 Å². The zero-order valence-electron chi connectivity index (χ0n) is 15.3. The monoisotopic (exact) mass is 403 g/mol. The largest absolute Gasteiger partial charge is 0.481 e. The summed E-state index contributed by atoms with van der Waals surface area (Å²) in [7, 11) is 0. The number of carbonyl (C=O) groups is 4. The average Bonchev–Trinajstić information content (AvgIpc) is 2.64. The summed E-state index contributed by atoms with van der Waals surface area (Å²) in [5.74, 6) is -3.68. The number of thioether (sulfide) groups is 1. The maximum absolute atomic E-state index is 13.0. The lowest BCUT2D eigenvalue weighted by molar-refractivity contribution is -0.140. The molecule has 1 amide bonds. The van der Waals surface area contributed by atoms with Crippen molar-refractivity contribution in [3.05, 3.63) is 48.0 Å². The number of carboxylic acid groups (broad SMARTS) is 2. The predicted molar refractivity (Wildman–Crippen MR) is 107 cm³/mol. The number of carboxylic acids is 2. The van der Waals surface area contributed by atoms with E-state index in [1.165, 1.54) is 6.92 Å². The first-order valence-electron chi connectivity index (χ1n) is 8.61. The lowest BCUT2D eigenvalue weighted by Crippen LogP contribution is -2.41. The smallest absolute Gasteiger partial charge is 0.327 e. The van der Waals surface area contributed by atoms with Crippen molar-refractivity contribution in [3.8, 4) is 0 Å². The minimum atomic E-state index is -1.18. The highest BCUT2D eigenvalue weighted by Crippen LogP contribution is 2.25. The van der Waals surface area contributed by atoms with Crippen molar-refractivity contribution in [2.45, 2.75) is 19.4 Å². The van der Waals surface area contributed by atoms with Gasteiger partial charge in [0.2, 0.25) is 5.91 Å². The van der Waals surface area contributed by atoms with E-state index in [0.29, 0.717) is 5.56 Å². The van der Waals surface area contributed by atoms with E-state index in [1.807, 2.05) is 30.3 Å². The Balaban J connectivity index is 2.16. The van der Waals surface area contributed by atoms with E-state index in [-0.39, 0.29) is 23.7 Å². The number of hydrogen-bond acceptors (Lipinski definition) is 5. The second-order valence-electron chi connectivity index (χ2n) is 6.31. The van der Waals surface area contributed by atoms with Crippen LogP contribution in [-0.4, -0.2) is 51.4 Å². The van der Waals surface area contributed by atoms with Crippen LogP contribution >= 0.6 is 11.8 Å². The Morgan fingerprint density at radius 1 is 1.00 bits per heavy atom. The first-order chi connectivity index (χ1) is 13.3. The molecule has 148 valence electrons. The number of nitrogens with one attached hydrogen (secondary N) is 1. The molecule has 1 unspecified atom stereocenters. The third kappa shape index (κ3) is 5.82. The molecule has 28 heavy (non-hydrogen) atoms. The molecule has 0 bridgehead atoms.